The third-order valence-electron chi connectivity index (χ3n) is 1.71. The van der Waals surface area contributed by atoms with Gasteiger partial charge in [-0.2, -0.15) is 0 Å². The van der Waals surface area contributed by atoms with Gasteiger partial charge in [0, 0.05) is 42.4 Å². The van der Waals surface area contributed by atoms with Gasteiger partial charge in [0.2, 0.25) is 0 Å². The highest BCUT2D eigenvalue weighted by Crippen LogP contribution is 1.55. The molecule has 0 bridgehead atoms. The SMILES string of the molecule is BBBBBBBBC. The quantitative estimate of drug-likeness (QED) is 0.238. The molecule has 0 radical (unpaired) electrons. The summed E-state index contributed by atoms with van der Waals surface area (Å²) in [5.41, 5.74) is 0. The molecule has 8 heteroatoms. The largest absolute Gasteiger partial charge is 0.0966 e. The van der Waals surface area contributed by atoms with Crippen LogP contribution in [0.15, 0.2) is 0 Å². The Hall–Kier alpha value is 0.519. The van der Waals surface area contributed by atoms with E-state index in [0.717, 1.165) is 0 Å². The highest BCUT2D eigenvalue weighted by molar-refractivity contribution is 7.64. The highest BCUT2D eigenvalue weighted by atomic mass is 12.8. The molecule has 0 atom stereocenters. The van der Waals surface area contributed by atoms with Gasteiger partial charge in [-0.25, -0.2) is 0 Å². The van der Waals surface area contributed by atoms with Gasteiger partial charge < -0.3 is 0 Å². The van der Waals surface area contributed by atoms with Crippen LogP contribution < -0.4 is 0 Å². The van der Waals surface area contributed by atoms with Gasteiger partial charge >= 0.3 is 0 Å². The molecule has 0 aromatic carbocycles. The first kappa shape index (κ1) is 9.52. The summed E-state index contributed by atoms with van der Waals surface area (Å²) in [4.78, 5) is 0. The molecule has 0 fully saturated rings. The lowest BCUT2D eigenvalue weighted by Crippen LogP contribution is -2.27. The Labute approximate surface area is 64.7 Å². The third kappa shape index (κ3) is 8.52. The second kappa shape index (κ2) is 8.52. The number of rotatable bonds is 6. The van der Waals surface area contributed by atoms with E-state index in [1.54, 1.807) is 0 Å². The van der Waals surface area contributed by atoms with Crippen LogP contribution >= 0.6 is 0 Å². The Bertz CT molecular complexity index is 37.8. The van der Waals surface area contributed by atoms with Crippen LogP contribution in [0.4, 0.5) is 0 Å². The van der Waals surface area contributed by atoms with Crippen LogP contribution in [0.2, 0.25) is 6.82 Å². The molecule has 0 aliphatic rings. The van der Waals surface area contributed by atoms with E-state index in [1.807, 2.05) is 0 Å². The fourth-order valence-corrected chi connectivity index (χ4v) is 1.03. The second-order valence-electron chi connectivity index (χ2n) is 2.77. The van der Waals surface area contributed by atoms with Gasteiger partial charge in [-0.1, -0.05) is 6.82 Å². The zero-order valence-electron chi connectivity index (χ0n) is 6.95. The Balaban J connectivity index is 2.60. The van der Waals surface area contributed by atoms with Gasteiger partial charge in [-0.05, 0) is 0 Å². The van der Waals surface area contributed by atoms with Crippen molar-refractivity contribution in [3.8, 4) is 0 Å². The van der Waals surface area contributed by atoms with Crippen LogP contribution in [-0.4, -0.2) is 57.3 Å². The molecule has 0 heterocycles. The molecule has 0 aliphatic carbocycles. The van der Waals surface area contributed by atoms with Gasteiger partial charge in [-0.15, -0.1) is 0 Å². The topological polar surface area (TPSA) is 0 Å². The second-order valence-corrected chi connectivity index (χ2v) is 2.77. The van der Waals surface area contributed by atoms with Crippen LogP contribution in [0.25, 0.3) is 0 Å². The van der Waals surface area contributed by atoms with Crippen molar-refractivity contribution in [1.29, 1.82) is 0 Å². The molecule has 0 aromatic heterocycles. The van der Waals surface area contributed by atoms with Crippen molar-refractivity contribution in [3.63, 3.8) is 0 Å². The molecule has 0 saturated heterocycles. The molecule has 0 amide bonds. The fraction of sp³-hybridized carbons (Fsp3) is 1.00. The lowest BCUT2D eigenvalue weighted by Gasteiger charge is -1.86. The maximum Gasteiger partial charge on any atom is 0.0738 e. The van der Waals surface area contributed by atoms with Gasteiger partial charge in [-0.3, -0.25) is 0 Å². The average Bonchev–Trinajstić information content (AvgIpc) is 1.89. The molecule has 0 spiro atoms. The van der Waals surface area contributed by atoms with Crippen molar-refractivity contribution in [2.24, 2.45) is 0 Å². The highest BCUT2D eigenvalue weighted by Gasteiger charge is 1.95. The molecule has 0 nitrogen and oxygen atoms in total. The summed E-state index contributed by atoms with van der Waals surface area (Å²) >= 11 is 0. The van der Waals surface area contributed by atoms with Crippen molar-refractivity contribution < 1.29 is 0 Å². The van der Waals surface area contributed by atoms with Crippen LogP contribution in [0, 0.1) is 0 Å². The van der Waals surface area contributed by atoms with Crippen LogP contribution in [0.5, 0.6) is 0 Å². The summed E-state index contributed by atoms with van der Waals surface area (Å²) in [5, 5.41) is 0. The zero-order chi connectivity index (χ0) is 6.95. The molecule has 40 valence electrons. The Kier molecular flexibility index (Phi) is 9.01. The summed E-state index contributed by atoms with van der Waals surface area (Å²) < 4.78 is 0. The molecule has 0 aliphatic heterocycles. The van der Waals surface area contributed by atoms with Crippen LogP contribution in [0.1, 0.15) is 0 Å². The number of hydrogen-bond donors (Lipinski definition) is 0. The van der Waals surface area contributed by atoms with E-state index >= 15 is 0 Å². The van der Waals surface area contributed by atoms with E-state index in [2.05, 4.69) is 14.6 Å². The minimum Gasteiger partial charge on any atom is -0.0966 e. The maximum atomic E-state index is 2.26. The number of hydrogen-bond acceptors (Lipinski definition) is 0. The molecular weight excluding hydrogens is 98.5 g/mol. The van der Waals surface area contributed by atoms with Crippen LogP contribution in [-0.2, 0) is 0 Å². The van der Waals surface area contributed by atoms with E-state index in [9.17, 15) is 0 Å². The van der Waals surface area contributed by atoms with Crippen molar-refractivity contribution >= 4 is 57.3 Å². The van der Waals surface area contributed by atoms with Gasteiger partial charge in [0.1, 0.15) is 0 Å². The Morgan fingerprint density at radius 2 is 1.44 bits per heavy atom. The molecule has 9 heavy (non-hydrogen) atoms. The van der Waals surface area contributed by atoms with Gasteiger partial charge in [0.05, 0.1) is 14.9 Å². The summed E-state index contributed by atoms with van der Waals surface area (Å²) in [6.45, 7) is 2.26. The summed E-state index contributed by atoms with van der Waals surface area (Å²) in [6.07, 6.45) is 0. The molecule has 0 saturated carbocycles. The van der Waals surface area contributed by atoms with Crippen molar-refractivity contribution in [1.82, 2.24) is 0 Å². The summed E-state index contributed by atoms with van der Waals surface area (Å²) in [6, 6.07) is 0. The minimum atomic E-state index is 1.37. The molecule has 0 aromatic rings. The van der Waals surface area contributed by atoms with Crippen LogP contribution in [0.3, 0.4) is 0 Å². The van der Waals surface area contributed by atoms with Crippen molar-refractivity contribution in [3.05, 3.63) is 0 Å². The first-order chi connectivity index (χ1) is 4.41. The maximum absolute atomic E-state index is 2.26. The molecule has 0 rings (SSSR count). The minimum absolute atomic E-state index is 1.37. The predicted molar refractivity (Wildman–Crippen MR) is 64.5 cm³/mol. The summed E-state index contributed by atoms with van der Waals surface area (Å²) in [7, 11) is 12.2. The van der Waals surface area contributed by atoms with Gasteiger partial charge in [0.15, 0.2) is 0 Å². The zero-order valence-corrected chi connectivity index (χ0v) is 6.95. The third-order valence-corrected chi connectivity index (χ3v) is 1.71. The Morgan fingerprint density at radius 3 is 2.00 bits per heavy atom. The first-order valence-corrected chi connectivity index (χ1v) is 4.41. The lowest BCUT2D eigenvalue weighted by molar-refractivity contribution is 2.37. The monoisotopic (exact) mass is 112 g/mol. The average molecular weight is 111 g/mol. The molecule has 0 N–H and O–H groups in total. The van der Waals surface area contributed by atoms with E-state index in [1.165, 1.54) is 49.5 Å². The summed E-state index contributed by atoms with van der Waals surface area (Å²) in [5.74, 6) is 0. The van der Waals surface area contributed by atoms with E-state index in [-0.39, 0.29) is 0 Å². The van der Waals surface area contributed by atoms with Gasteiger partial charge in [0.25, 0.3) is 0 Å². The normalized spacial score (nSPS) is 6.78. The predicted octanol–water partition coefficient (Wildman–Crippen LogP) is -4.87. The molecular formula is CH12B8. The Morgan fingerprint density at radius 1 is 0.889 bits per heavy atom. The first-order valence-electron chi connectivity index (χ1n) is 4.41. The lowest BCUT2D eigenvalue weighted by atomic mass is 8.92. The fourth-order valence-electron chi connectivity index (χ4n) is 1.03. The smallest absolute Gasteiger partial charge is 0.0738 e. The van der Waals surface area contributed by atoms with E-state index in [4.69, 9.17) is 0 Å². The van der Waals surface area contributed by atoms with E-state index in [0.29, 0.717) is 0 Å². The standard InChI is InChI=1S/CH12B8/c1-3-5-7-9-8-6-4-2/h3-9H,2H2,1H3. The van der Waals surface area contributed by atoms with Crippen molar-refractivity contribution in [2.45, 2.75) is 6.82 Å². The van der Waals surface area contributed by atoms with Crippen molar-refractivity contribution in [2.75, 3.05) is 0 Å². The van der Waals surface area contributed by atoms with E-state index < -0.39 is 0 Å². The molecule has 0 unspecified atom stereocenters.